The molecule has 69 heavy (non-hydrogen) atoms. The molecule has 0 unspecified atom stereocenters. The van der Waals surface area contributed by atoms with Crippen molar-refractivity contribution in [2.24, 2.45) is 40.9 Å². The first-order valence-electron chi connectivity index (χ1n) is 21.0. The first-order chi connectivity index (χ1) is 33.2. The van der Waals surface area contributed by atoms with E-state index >= 15 is 0 Å². The predicted octanol–water partition coefficient (Wildman–Crippen LogP) is 13.6. The minimum atomic E-state index is -4.68. The number of rotatable bonds is 16. The highest BCUT2D eigenvalue weighted by atomic mass is 32.2. The second-order valence-electron chi connectivity index (χ2n) is 15.3. The van der Waals surface area contributed by atoms with Gasteiger partial charge in [-0.2, -0.15) is 62.6 Å². The van der Waals surface area contributed by atoms with E-state index in [9.17, 15) is 21.4 Å². The second kappa shape index (κ2) is 21.0. The fourth-order valence-corrected chi connectivity index (χ4v) is 7.77. The standard InChI is InChI=1S/C49H40N12O6S2/c1-32-27-34(13-24-43(32)59-57-39-17-15-38(16-18-39)55-56-40-19-22-42(23-20-40)68(62,63)64)29-47-51-48(53-49(52-47)50-36-9-5-3-6-10-36)30-35-14-25-44(33(2)28-35)60-61-45-26-21-41(31-46(45)69(65,66)67)58-54-37-11-7-4-8-12-37/h3-28,31H,29-30H2,1-2H3,(H,62,63,64)(H,65,66,67)(H,50,51,52,53). The van der Waals surface area contributed by atoms with Gasteiger partial charge in [-0.15, -0.1) is 5.11 Å². The van der Waals surface area contributed by atoms with Gasteiger partial charge in [-0.05, 0) is 139 Å². The van der Waals surface area contributed by atoms with Crippen molar-refractivity contribution < 1.29 is 25.9 Å². The molecule has 18 nitrogen and oxygen atoms in total. The van der Waals surface area contributed by atoms with Crippen molar-refractivity contribution in [1.82, 2.24) is 15.0 Å². The smallest absolute Gasteiger partial charge is 0.296 e. The maximum Gasteiger partial charge on any atom is 0.296 e. The van der Waals surface area contributed by atoms with Crippen molar-refractivity contribution in [3.05, 3.63) is 198 Å². The summed E-state index contributed by atoms with van der Waals surface area (Å²) >= 11 is 0. The second-order valence-corrected chi connectivity index (χ2v) is 18.1. The number of nitrogens with zero attached hydrogens (tertiary/aromatic N) is 11. The maximum absolute atomic E-state index is 12.3. The monoisotopic (exact) mass is 956 g/mol. The van der Waals surface area contributed by atoms with Crippen LogP contribution < -0.4 is 5.32 Å². The molecule has 0 saturated heterocycles. The van der Waals surface area contributed by atoms with Gasteiger partial charge in [0.25, 0.3) is 20.2 Å². The zero-order valence-corrected chi connectivity index (χ0v) is 38.4. The Kier molecular flexibility index (Phi) is 14.3. The van der Waals surface area contributed by atoms with Gasteiger partial charge in [0.2, 0.25) is 5.95 Å². The first-order valence-corrected chi connectivity index (χ1v) is 23.8. The number of para-hydroxylation sites is 1. The normalized spacial score (nSPS) is 12.2. The molecule has 0 saturated carbocycles. The van der Waals surface area contributed by atoms with Gasteiger partial charge in [0.1, 0.15) is 22.2 Å². The number of hydrogen-bond donors (Lipinski definition) is 3. The Hall–Kier alpha value is -8.43. The lowest BCUT2D eigenvalue weighted by atomic mass is 10.1. The highest BCUT2D eigenvalue weighted by Gasteiger charge is 2.18. The van der Waals surface area contributed by atoms with Gasteiger partial charge in [0.15, 0.2) is 0 Å². The summed E-state index contributed by atoms with van der Waals surface area (Å²) in [7, 11) is -8.97. The van der Waals surface area contributed by atoms with E-state index in [1.165, 1.54) is 42.5 Å². The van der Waals surface area contributed by atoms with Gasteiger partial charge >= 0.3 is 0 Å². The highest BCUT2D eigenvalue weighted by molar-refractivity contribution is 7.86. The van der Waals surface area contributed by atoms with Gasteiger partial charge in [-0.25, -0.2) is 4.98 Å². The Morgan fingerprint density at radius 3 is 1.36 bits per heavy atom. The molecule has 8 rings (SSSR count). The summed E-state index contributed by atoms with van der Waals surface area (Å²) in [5, 5.41) is 37.1. The fraction of sp³-hybridized carbons (Fsp3) is 0.0816. The topological polar surface area (TPSA) is 258 Å². The molecule has 20 heteroatoms. The third-order valence-corrected chi connectivity index (χ3v) is 11.8. The molecule has 0 bridgehead atoms. The molecule has 0 radical (unpaired) electrons. The quantitative estimate of drug-likeness (QED) is 0.0609. The number of hydrogen-bond acceptors (Lipinski definition) is 16. The zero-order valence-electron chi connectivity index (χ0n) is 36.8. The lowest BCUT2D eigenvalue weighted by Crippen LogP contribution is -2.09. The minimum absolute atomic E-state index is 0.0661. The Bertz CT molecular complexity index is 3490. The molecule has 0 aliphatic carbocycles. The summed E-state index contributed by atoms with van der Waals surface area (Å²) in [6, 6.07) is 46.3. The molecule has 344 valence electrons. The predicted molar refractivity (Wildman–Crippen MR) is 260 cm³/mol. The van der Waals surface area contributed by atoms with Crippen LogP contribution in [0, 0.1) is 13.8 Å². The third-order valence-electron chi connectivity index (χ3n) is 10.1. The molecule has 0 aliphatic heterocycles. The molecule has 1 aromatic heterocycles. The summed E-state index contributed by atoms with van der Waals surface area (Å²) in [6.45, 7) is 3.80. The van der Waals surface area contributed by atoms with Crippen LogP contribution in [0.1, 0.15) is 33.9 Å². The number of aromatic nitrogens is 3. The number of nitrogens with one attached hydrogen (secondary N) is 1. The summed E-state index contributed by atoms with van der Waals surface area (Å²) in [5.74, 6) is 1.46. The van der Waals surface area contributed by atoms with Gasteiger partial charge in [0, 0.05) is 18.5 Å². The van der Waals surface area contributed by atoms with Gasteiger partial charge < -0.3 is 5.32 Å². The molecule has 0 spiro atoms. The summed E-state index contributed by atoms with van der Waals surface area (Å²) in [6.07, 6.45) is 0.761. The van der Waals surface area contributed by atoms with E-state index in [2.05, 4.69) is 46.2 Å². The van der Waals surface area contributed by atoms with E-state index in [-0.39, 0.29) is 16.3 Å². The van der Waals surface area contributed by atoms with E-state index in [1.807, 2.05) is 80.6 Å². The van der Waals surface area contributed by atoms with E-state index in [0.717, 1.165) is 27.9 Å². The molecular formula is C49H40N12O6S2. The van der Waals surface area contributed by atoms with Crippen LogP contribution in [0.3, 0.4) is 0 Å². The van der Waals surface area contributed by atoms with E-state index in [1.54, 1.807) is 54.6 Å². The van der Waals surface area contributed by atoms with Crippen LogP contribution in [0.4, 0.5) is 57.1 Å². The SMILES string of the molecule is Cc1cc(Cc2nc(Cc3ccc(N=Nc4ccc(N=Nc5ccccc5)cc4S(=O)(=O)O)c(C)c3)nc(Nc3ccccc3)n2)ccc1N=Nc1ccc(N=Nc2ccc(S(=O)(=O)O)cc2)cc1. The van der Waals surface area contributed by atoms with Crippen molar-refractivity contribution >= 4 is 77.4 Å². The van der Waals surface area contributed by atoms with Crippen LogP contribution in [-0.2, 0) is 33.1 Å². The summed E-state index contributed by atoms with van der Waals surface area (Å²) < 4.78 is 66.4. The molecule has 0 atom stereocenters. The Labute approximate surface area is 397 Å². The molecule has 8 aromatic rings. The van der Waals surface area contributed by atoms with Crippen LogP contribution in [0.25, 0.3) is 0 Å². The highest BCUT2D eigenvalue weighted by Crippen LogP contribution is 2.33. The Morgan fingerprint density at radius 2 is 0.855 bits per heavy atom. The van der Waals surface area contributed by atoms with Gasteiger partial charge in [-0.1, -0.05) is 60.7 Å². The van der Waals surface area contributed by atoms with Crippen molar-refractivity contribution in [3.8, 4) is 0 Å². The van der Waals surface area contributed by atoms with Crippen molar-refractivity contribution in [2.45, 2.75) is 36.5 Å². The molecule has 0 amide bonds. The van der Waals surface area contributed by atoms with Gasteiger partial charge in [0.05, 0.1) is 44.7 Å². The zero-order chi connectivity index (χ0) is 48.4. The van der Waals surface area contributed by atoms with Crippen LogP contribution in [-0.4, -0.2) is 40.9 Å². The average molecular weight is 957 g/mol. The Balaban J connectivity index is 0.954. The average Bonchev–Trinajstić information content (AvgIpc) is 3.33. The van der Waals surface area contributed by atoms with Gasteiger partial charge in [-0.3, -0.25) is 9.11 Å². The fourth-order valence-electron chi connectivity index (χ4n) is 6.65. The molecule has 0 fully saturated rings. The number of benzene rings is 7. The summed E-state index contributed by atoms with van der Waals surface area (Å²) in [4.78, 5) is 13.7. The lowest BCUT2D eigenvalue weighted by Gasteiger charge is -2.11. The van der Waals surface area contributed by atoms with Crippen molar-refractivity contribution in [1.29, 1.82) is 0 Å². The van der Waals surface area contributed by atoms with Crippen LogP contribution in [0.15, 0.2) is 214 Å². The molecule has 1 heterocycles. The largest absolute Gasteiger partial charge is 0.324 e. The number of azo groups is 4. The summed E-state index contributed by atoms with van der Waals surface area (Å²) in [5.41, 5.74) is 7.73. The van der Waals surface area contributed by atoms with Crippen LogP contribution >= 0.6 is 0 Å². The molecule has 7 aromatic carbocycles. The minimum Gasteiger partial charge on any atom is -0.324 e. The molecular weight excluding hydrogens is 917 g/mol. The van der Waals surface area contributed by atoms with E-state index in [0.29, 0.717) is 64.6 Å². The Morgan fingerprint density at radius 1 is 0.435 bits per heavy atom. The number of anilines is 2. The number of aryl methyl sites for hydroxylation is 2. The third kappa shape index (κ3) is 13.1. The van der Waals surface area contributed by atoms with Crippen LogP contribution in [0.2, 0.25) is 0 Å². The molecule has 3 N–H and O–H groups in total. The lowest BCUT2D eigenvalue weighted by molar-refractivity contribution is 0.481. The van der Waals surface area contributed by atoms with Crippen LogP contribution in [0.5, 0.6) is 0 Å². The van der Waals surface area contributed by atoms with Crippen molar-refractivity contribution in [2.75, 3.05) is 5.32 Å². The van der Waals surface area contributed by atoms with E-state index in [4.69, 9.17) is 19.5 Å². The molecule has 0 aliphatic rings. The maximum atomic E-state index is 12.3. The first kappa shape index (κ1) is 47.1. The van der Waals surface area contributed by atoms with E-state index < -0.39 is 25.1 Å². The van der Waals surface area contributed by atoms with Crippen molar-refractivity contribution in [3.63, 3.8) is 0 Å².